The lowest BCUT2D eigenvalue weighted by atomic mass is 10.2. The van der Waals surface area contributed by atoms with Crippen LogP contribution in [0.25, 0.3) is 17.3 Å². The molecule has 3 aromatic heterocycles. The van der Waals surface area contributed by atoms with Gasteiger partial charge in [0.25, 0.3) is 11.8 Å². The summed E-state index contributed by atoms with van der Waals surface area (Å²) in [4.78, 5) is 25.5. The summed E-state index contributed by atoms with van der Waals surface area (Å²) < 4.78 is 12.4. The van der Waals surface area contributed by atoms with Crippen LogP contribution < -0.4 is 10.1 Å². The average Bonchev–Trinajstić information content (AvgIpc) is 3.49. The van der Waals surface area contributed by atoms with Gasteiger partial charge < -0.3 is 14.6 Å². The number of carbonyl (C=O) groups excluding carboxylic acids is 1. The lowest BCUT2D eigenvalue weighted by Crippen LogP contribution is -2.23. The highest BCUT2D eigenvalue weighted by atomic mass is 16.5. The Bertz CT molecular complexity index is 1180. The third kappa shape index (κ3) is 4.83. The van der Waals surface area contributed by atoms with Crippen LogP contribution in [0.15, 0.2) is 59.6 Å². The molecule has 0 unspecified atom stereocenters. The second kappa shape index (κ2) is 9.42. The number of nitrogens with one attached hydrogen (secondary N) is 1. The number of amides is 1. The molecule has 1 aromatic carbocycles. The van der Waals surface area contributed by atoms with Crippen molar-refractivity contribution in [2.45, 2.75) is 33.2 Å². The second-order valence-electron chi connectivity index (χ2n) is 7.44. The minimum Gasteiger partial charge on any atom is -0.494 e. The third-order valence-corrected chi connectivity index (χ3v) is 4.72. The number of carbonyl (C=O) groups is 1. The molecule has 0 fully saturated rings. The van der Waals surface area contributed by atoms with Gasteiger partial charge in [0.05, 0.1) is 12.2 Å². The summed E-state index contributed by atoms with van der Waals surface area (Å²) in [5.41, 5.74) is 2.00. The van der Waals surface area contributed by atoms with E-state index in [9.17, 15) is 4.79 Å². The standard InChI is InChI=1S/C23H24N6O3/c1-4-31-18-8-5-16(6-9-18)11-25-22(30)19-13-29(14-26-19)20-10-7-17(12-24-20)23-27-21(15(2)3)28-32-23/h5-10,12-15H,4,11H2,1-3H3,(H,25,30). The summed E-state index contributed by atoms with van der Waals surface area (Å²) in [6.45, 7) is 6.95. The fourth-order valence-electron chi connectivity index (χ4n) is 2.96. The predicted molar refractivity (Wildman–Crippen MR) is 118 cm³/mol. The van der Waals surface area contributed by atoms with Crippen LogP contribution in [-0.4, -0.2) is 37.2 Å². The normalized spacial score (nSPS) is 11.0. The predicted octanol–water partition coefficient (Wildman–Crippen LogP) is 3.77. The van der Waals surface area contributed by atoms with Crippen molar-refractivity contribution >= 4 is 5.91 Å². The van der Waals surface area contributed by atoms with Gasteiger partial charge in [0.2, 0.25) is 0 Å². The van der Waals surface area contributed by atoms with Gasteiger partial charge in [-0.2, -0.15) is 4.98 Å². The van der Waals surface area contributed by atoms with E-state index >= 15 is 0 Å². The lowest BCUT2D eigenvalue weighted by Gasteiger charge is -2.06. The molecule has 0 spiro atoms. The molecule has 0 aliphatic rings. The van der Waals surface area contributed by atoms with Crippen LogP contribution in [-0.2, 0) is 6.54 Å². The topological polar surface area (TPSA) is 108 Å². The van der Waals surface area contributed by atoms with E-state index in [1.165, 1.54) is 0 Å². The second-order valence-corrected chi connectivity index (χ2v) is 7.44. The first-order valence-electron chi connectivity index (χ1n) is 10.4. The van der Waals surface area contributed by atoms with Crippen molar-refractivity contribution in [3.63, 3.8) is 0 Å². The molecule has 4 rings (SSSR count). The molecule has 0 saturated carbocycles. The van der Waals surface area contributed by atoms with E-state index in [4.69, 9.17) is 9.26 Å². The maximum atomic E-state index is 12.5. The fraction of sp³-hybridized carbons (Fsp3) is 0.261. The molecule has 0 atom stereocenters. The SMILES string of the molecule is CCOc1ccc(CNC(=O)c2cn(-c3ccc(-c4nc(C(C)C)no4)cn3)cn2)cc1. The molecule has 9 heteroatoms. The maximum Gasteiger partial charge on any atom is 0.271 e. The molecule has 4 aromatic rings. The van der Waals surface area contributed by atoms with Crippen LogP contribution in [0.5, 0.6) is 5.75 Å². The van der Waals surface area contributed by atoms with Crippen LogP contribution >= 0.6 is 0 Å². The van der Waals surface area contributed by atoms with Gasteiger partial charge in [-0.1, -0.05) is 31.1 Å². The number of pyridine rings is 1. The van der Waals surface area contributed by atoms with Crippen LogP contribution in [0.3, 0.4) is 0 Å². The number of nitrogens with zero attached hydrogens (tertiary/aromatic N) is 5. The number of rotatable bonds is 8. The van der Waals surface area contributed by atoms with Gasteiger partial charge >= 0.3 is 0 Å². The molecule has 164 valence electrons. The number of imidazole rings is 1. The van der Waals surface area contributed by atoms with E-state index in [0.717, 1.165) is 16.9 Å². The van der Waals surface area contributed by atoms with E-state index in [1.807, 2.05) is 51.1 Å². The Kier molecular flexibility index (Phi) is 6.25. The number of ether oxygens (including phenoxy) is 1. The summed E-state index contributed by atoms with van der Waals surface area (Å²) in [7, 11) is 0. The summed E-state index contributed by atoms with van der Waals surface area (Å²) >= 11 is 0. The van der Waals surface area contributed by atoms with Gasteiger partial charge in [-0.15, -0.1) is 0 Å². The first kappa shape index (κ1) is 21.2. The number of hydrogen-bond acceptors (Lipinski definition) is 7. The van der Waals surface area contributed by atoms with Gasteiger partial charge in [0.15, 0.2) is 5.82 Å². The first-order chi connectivity index (χ1) is 15.5. The fourth-order valence-corrected chi connectivity index (χ4v) is 2.96. The van der Waals surface area contributed by atoms with Crippen molar-refractivity contribution < 1.29 is 14.1 Å². The Morgan fingerprint density at radius 2 is 1.97 bits per heavy atom. The minimum atomic E-state index is -0.263. The zero-order valence-electron chi connectivity index (χ0n) is 18.1. The molecule has 1 amide bonds. The molecular formula is C23H24N6O3. The van der Waals surface area contributed by atoms with Gasteiger partial charge in [-0.25, -0.2) is 9.97 Å². The Morgan fingerprint density at radius 1 is 1.16 bits per heavy atom. The van der Waals surface area contributed by atoms with Crippen LogP contribution in [0, 0.1) is 0 Å². The molecule has 3 heterocycles. The summed E-state index contributed by atoms with van der Waals surface area (Å²) in [6.07, 6.45) is 4.84. The van der Waals surface area contributed by atoms with Crippen molar-refractivity contribution in [1.29, 1.82) is 0 Å². The monoisotopic (exact) mass is 432 g/mol. The quantitative estimate of drug-likeness (QED) is 0.451. The summed E-state index contributed by atoms with van der Waals surface area (Å²) in [6, 6.07) is 11.2. The molecule has 0 aliphatic carbocycles. The van der Waals surface area contributed by atoms with Crippen LogP contribution in [0.4, 0.5) is 0 Å². The average molecular weight is 432 g/mol. The Morgan fingerprint density at radius 3 is 2.62 bits per heavy atom. The Labute approximate surface area is 185 Å². The van der Waals surface area contributed by atoms with E-state index in [1.54, 1.807) is 29.4 Å². The number of aromatic nitrogens is 5. The van der Waals surface area contributed by atoms with E-state index in [0.29, 0.717) is 36.4 Å². The van der Waals surface area contributed by atoms with Gasteiger partial charge in [0, 0.05) is 24.9 Å². The molecule has 0 bridgehead atoms. The molecule has 0 saturated heterocycles. The van der Waals surface area contributed by atoms with Crippen molar-refractivity contribution in [3.05, 3.63) is 72.2 Å². The highest BCUT2D eigenvalue weighted by Gasteiger charge is 2.13. The Balaban J connectivity index is 1.38. The molecular weight excluding hydrogens is 408 g/mol. The molecule has 9 nitrogen and oxygen atoms in total. The summed E-state index contributed by atoms with van der Waals surface area (Å²) in [5, 5.41) is 6.84. The smallest absolute Gasteiger partial charge is 0.271 e. The van der Waals surface area contributed by atoms with Gasteiger partial charge in [0.1, 0.15) is 23.6 Å². The highest BCUT2D eigenvalue weighted by molar-refractivity contribution is 5.92. The van der Waals surface area contributed by atoms with E-state index in [-0.39, 0.29) is 11.8 Å². The zero-order valence-corrected chi connectivity index (χ0v) is 18.1. The van der Waals surface area contributed by atoms with E-state index in [2.05, 4.69) is 25.4 Å². The van der Waals surface area contributed by atoms with Gasteiger partial charge in [-0.05, 0) is 36.8 Å². The van der Waals surface area contributed by atoms with Crippen molar-refractivity contribution in [2.75, 3.05) is 6.61 Å². The number of benzene rings is 1. The zero-order chi connectivity index (χ0) is 22.5. The summed E-state index contributed by atoms with van der Waals surface area (Å²) in [5.74, 6) is 2.42. The highest BCUT2D eigenvalue weighted by Crippen LogP contribution is 2.20. The molecule has 1 N–H and O–H groups in total. The van der Waals surface area contributed by atoms with E-state index < -0.39 is 0 Å². The number of hydrogen-bond donors (Lipinski definition) is 1. The molecule has 32 heavy (non-hydrogen) atoms. The molecule has 0 aliphatic heterocycles. The third-order valence-electron chi connectivity index (χ3n) is 4.72. The molecule has 0 radical (unpaired) electrons. The Hall–Kier alpha value is -4.01. The van der Waals surface area contributed by atoms with Crippen LogP contribution in [0.2, 0.25) is 0 Å². The first-order valence-corrected chi connectivity index (χ1v) is 10.4. The lowest BCUT2D eigenvalue weighted by molar-refractivity contribution is 0.0946. The van der Waals surface area contributed by atoms with Gasteiger partial charge in [-0.3, -0.25) is 9.36 Å². The van der Waals surface area contributed by atoms with Crippen LogP contribution in [0.1, 0.15) is 48.6 Å². The maximum absolute atomic E-state index is 12.5. The van der Waals surface area contributed by atoms with Crippen molar-refractivity contribution in [1.82, 2.24) is 30.0 Å². The minimum absolute atomic E-state index is 0.185. The van der Waals surface area contributed by atoms with Crippen molar-refractivity contribution in [2.24, 2.45) is 0 Å². The largest absolute Gasteiger partial charge is 0.494 e. The van der Waals surface area contributed by atoms with Crippen molar-refractivity contribution in [3.8, 4) is 23.0 Å².